The van der Waals surface area contributed by atoms with Crippen LogP contribution in [-0.4, -0.2) is 37.8 Å². The van der Waals surface area contributed by atoms with Crippen LogP contribution in [0.3, 0.4) is 0 Å². The molecule has 0 unspecified atom stereocenters. The predicted octanol–water partition coefficient (Wildman–Crippen LogP) is 2.84. The Morgan fingerprint density at radius 2 is 1.93 bits per heavy atom. The summed E-state index contributed by atoms with van der Waals surface area (Å²) in [5.74, 6) is 1.62. The number of benzene rings is 1. The van der Waals surface area contributed by atoms with Gasteiger partial charge in [0, 0.05) is 25.0 Å². The van der Waals surface area contributed by atoms with E-state index in [1.54, 1.807) is 4.31 Å². The molecule has 27 heavy (non-hydrogen) atoms. The highest BCUT2D eigenvalue weighted by Gasteiger charge is 2.41. The number of aryl methyl sites for hydroxylation is 1. The fourth-order valence-corrected chi connectivity index (χ4v) is 6.77. The number of nitrogens with zero attached hydrogens (tertiary/aromatic N) is 1. The van der Waals surface area contributed by atoms with E-state index in [1.165, 1.54) is 19.3 Å². The molecule has 148 valence electrons. The Hall–Kier alpha value is -1.40. The number of carbonyl (C=O) groups excluding carboxylic acids is 1. The van der Waals surface area contributed by atoms with E-state index in [2.05, 4.69) is 5.32 Å². The van der Waals surface area contributed by atoms with Crippen molar-refractivity contribution in [2.45, 2.75) is 57.2 Å². The Morgan fingerprint density at radius 3 is 2.56 bits per heavy atom. The maximum absolute atomic E-state index is 12.7. The van der Waals surface area contributed by atoms with Crippen molar-refractivity contribution in [1.82, 2.24) is 9.62 Å². The predicted molar refractivity (Wildman–Crippen MR) is 105 cm³/mol. The third-order valence-corrected chi connectivity index (χ3v) is 8.57. The third-order valence-electron chi connectivity index (χ3n) is 6.72. The van der Waals surface area contributed by atoms with Gasteiger partial charge < -0.3 is 5.32 Å². The minimum Gasteiger partial charge on any atom is -0.353 e. The number of piperidine rings is 1. The van der Waals surface area contributed by atoms with Gasteiger partial charge >= 0.3 is 0 Å². The quantitative estimate of drug-likeness (QED) is 0.841. The highest BCUT2D eigenvalue weighted by molar-refractivity contribution is 7.88. The number of fused-ring (bicyclic) bond motifs is 2. The first-order valence-electron chi connectivity index (χ1n) is 10.2. The molecule has 0 aromatic heterocycles. The highest BCUT2D eigenvalue weighted by Crippen LogP contribution is 2.44. The Morgan fingerprint density at radius 1 is 1.15 bits per heavy atom. The number of amides is 1. The molecule has 3 atom stereocenters. The van der Waals surface area contributed by atoms with Gasteiger partial charge in [-0.2, -0.15) is 0 Å². The van der Waals surface area contributed by atoms with Gasteiger partial charge in [0.2, 0.25) is 15.9 Å². The second kappa shape index (κ2) is 7.55. The number of nitrogens with one attached hydrogen (secondary N) is 1. The number of carbonyl (C=O) groups is 1. The van der Waals surface area contributed by atoms with E-state index in [0.29, 0.717) is 37.9 Å². The van der Waals surface area contributed by atoms with Crippen LogP contribution in [0.4, 0.5) is 0 Å². The Labute approximate surface area is 162 Å². The zero-order valence-corrected chi connectivity index (χ0v) is 16.9. The van der Waals surface area contributed by atoms with Crippen LogP contribution in [0.25, 0.3) is 0 Å². The lowest BCUT2D eigenvalue weighted by molar-refractivity contribution is -0.127. The van der Waals surface area contributed by atoms with Crippen LogP contribution in [0.2, 0.25) is 0 Å². The fraction of sp³-hybridized carbons (Fsp3) is 0.667. The van der Waals surface area contributed by atoms with Gasteiger partial charge in [-0.1, -0.05) is 36.2 Å². The maximum Gasteiger partial charge on any atom is 0.223 e. The smallest absolute Gasteiger partial charge is 0.223 e. The summed E-state index contributed by atoms with van der Waals surface area (Å²) in [5, 5.41) is 3.27. The van der Waals surface area contributed by atoms with E-state index in [0.717, 1.165) is 23.5 Å². The van der Waals surface area contributed by atoms with E-state index >= 15 is 0 Å². The highest BCUT2D eigenvalue weighted by atomic mass is 32.2. The van der Waals surface area contributed by atoms with Crippen LogP contribution in [0.1, 0.15) is 49.7 Å². The molecule has 6 heteroatoms. The summed E-state index contributed by atoms with van der Waals surface area (Å²) in [6.45, 7) is 2.86. The molecule has 3 aliphatic rings. The molecule has 2 saturated carbocycles. The molecule has 4 rings (SSSR count). The van der Waals surface area contributed by atoms with E-state index in [9.17, 15) is 13.2 Å². The summed E-state index contributed by atoms with van der Waals surface area (Å²) in [7, 11) is -3.33. The van der Waals surface area contributed by atoms with E-state index < -0.39 is 10.0 Å². The average Bonchev–Trinajstić information content (AvgIpc) is 3.24. The van der Waals surface area contributed by atoms with Crippen LogP contribution < -0.4 is 5.32 Å². The average molecular weight is 391 g/mol. The van der Waals surface area contributed by atoms with Gasteiger partial charge in [0.15, 0.2) is 0 Å². The number of hydrogen-bond donors (Lipinski definition) is 1. The zero-order valence-electron chi connectivity index (χ0n) is 16.1. The van der Waals surface area contributed by atoms with Gasteiger partial charge in [-0.15, -0.1) is 0 Å². The molecule has 1 N–H and O–H groups in total. The third kappa shape index (κ3) is 4.21. The first-order valence-corrected chi connectivity index (χ1v) is 11.9. The van der Waals surface area contributed by atoms with Gasteiger partial charge in [-0.3, -0.25) is 4.79 Å². The summed E-state index contributed by atoms with van der Waals surface area (Å²) in [6.07, 6.45) is 6.25. The summed E-state index contributed by atoms with van der Waals surface area (Å²) in [5.41, 5.74) is 1.89. The Kier molecular flexibility index (Phi) is 5.30. The van der Waals surface area contributed by atoms with Crippen LogP contribution in [0.15, 0.2) is 24.3 Å². The molecular formula is C21H30N2O3S. The molecule has 3 fully saturated rings. The van der Waals surface area contributed by atoms with Gasteiger partial charge in [0.1, 0.15) is 0 Å². The zero-order chi connectivity index (χ0) is 19.0. The van der Waals surface area contributed by atoms with Crippen molar-refractivity contribution in [3.8, 4) is 0 Å². The molecule has 1 aromatic carbocycles. The van der Waals surface area contributed by atoms with Crippen LogP contribution in [0, 0.1) is 24.7 Å². The molecule has 1 aliphatic heterocycles. The largest absolute Gasteiger partial charge is 0.353 e. The standard InChI is InChI=1S/C21H30N2O3S/c1-15-3-2-4-17(11-15)14-27(25,26)23-9-7-18(8-10-23)21(24)22-20-13-16-5-6-19(20)12-16/h2-4,11,16,18-20H,5-10,12-14H2,1H3,(H,22,24)/t16-,19+,20+/m0/s1. The first-order chi connectivity index (χ1) is 12.9. The van der Waals surface area contributed by atoms with E-state index in [1.807, 2.05) is 31.2 Å². The minimum atomic E-state index is -3.33. The van der Waals surface area contributed by atoms with Gasteiger partial charge in [0.25, 0.3) is 0 Å². The van der Waals surface area contributed by atoms with Gasteiger partial charge in [-0.25, -0.2) is 12.7 Å². The summed E-state index contributed by atoms with van der Waals surface area (Å²) in [6, 6.07) is 8.01. The molecule has 1 heterocycles. The second-order valence-corrected chi connectivity index (χ2v) is 10.7. The minimum absolute atomic E-state index is 0.0384. The summed E-state index contributed by atoms with van der Waals surface area (Å²) in [4.78, 5) is 12.6. The fourth-order valence-electron chi connectivity index (χ4n) is 5.22. The first kappa shape index (κ1) is 18.9. The van der Waals surface area contributed by atoms with Crippen molar-refractivity contribution in [3.05, 3.63) is 35.4 Å². The second-order valence-electron chi connectivity index (χ2n) is 8.71. The molecule has 2 aliphatic carbocycles. The SMILES string of the molecule is Cc1cccc(CS(=O)(=O)N2CCC(C(=O)N[C@@H]3C[C@H]4CC[C@@H]3C4)CC2)c1. The maximum atomic E-state index is 12.7. The molecule has 1 amide bonds. The van der Waals surface area contributed by atoms with Crippen molar-refractivity contribution < 1.29 is 13.2 Å². The monoisotopic (exact) mass is 390 g/mol. The van der Waals surface area contributed by atoms with Gasteiger partial charge in [0.05, 0.1) is 5.75 Å². The lowest BCUT2D eigenvalue weighted by Gasteiger charge is -2.32. The molecule has 2 bridgehead atoms. The lowest BCUT2D eigenvalue weighted by atomic mass is 9.93. The summed E-state index contributed by atoms with van der Waals surface area (Å²) < 4.78 is 27.0. The topological polar surface area (TPSA) is 66.5 Å². The normalized spacial score (nSPS) is 29.1. The lowest BCUT2D eigenvalue weighted by Crippen LogP contribution is -2.46. The number of rotatable bonds is 5. The van der Waals surface area contributed by atoms with Crippen LogP contribution >= 0.6 is 0 Å². The van der Waals surface area contributed by atoms with Gasteiger partial charge in [-0.05, 0) is 56.4 Å². The number of hydrogen-bond acceptors (Lipinski definition) is 3. The van der Waals surface area contributed by atoms with Crippen molar-refractivity contribution in [3.63, 3.8) is 0 Å². The Balaban J connectivity index is 1.29. The van der Waals surface area contributed by atoms with E-state index in [4.69, 9.17) is 0 Å². The van der Waals surface area contributed by atoms with Crippen LogP contribution in [-0.2, 0) is 20.6 Å². The van der Waals surface area contributed by atoms with Crippen LogP contribution in [0.5, 0.6) is 0 Å². The molecule has 5 nitrogen and oxygen atoms in total. The molecule has 0 radical (unpaired) electrons. The molecule has 1 saturated heterocycles. The van der Waals surface area contributed by atoms with Crippen molar-refractivity contribution in [2.24, 2.45) is 17.8 Å². The Bertz CT molecular complexity index is 799. The number of sulfonamides is 1. The summed E-state index contributed by atoms with van der Waals surface area (Å²) >= 11 is 0. The molecule has 1 aromatic rings. The van der Waals surface area contributed by atoms with E-state index in [-0.39, 0.29) is 17.6 Å². The van der Waals surface area contributed by atoms with Crippen molar-refractivity contribution >= 4 is 15.9 Å². The van der Waals surface area contributed by atoms with Crippen molar-refractivity contribution in [2.75, 3.05) is 13.1 Å². The molecular weight excluding hydrogens is 360 g/mol. The van der Waals surface area contributed by atoms with Crippen molar-refractivity contribution in [1.29, 1.82) is 0 Å². The molecule has 0 spiro atoms.